The highest BCUT2D eigenvalue weighted by Crippen LogP contribution is 2.53. The zero-order chi connectivity index (χ0) is 11.2. The van der Waals surface area contributed by atoms with Crippen molar-refractivity contribution in [2.24, 2.45) is 5.73 Å². The lowest BCUT2D eigenvalue weighted by Gasteiger charge is -2.47. The first kappa shape index (κ1) is 10.1. The highest BCUT2D eigenvalue weighted by Gasteiger charge is 2.61. The fourth-order valence-corrected chi connectivity index (χ4v) is 2.58. The molecule has 86 valence electrons. The van der Waals surface area contributed by atoms with Crippen LogP contribution < -0.4 is 10.5 Å². The second-order valence-electron chi connectivity index (χ2n) is 4.96. The number of nitrogens with two attached hydrogens (primary N) is 1. The van der Waals surface area contributed by atoms with Crippen LogP contribution in [0.1, 0.15) is 18.4 Å². The Labute approximate surface area is 95.5 Å². The molecule has 2 fully saturated rings. The summed E-state index contributed by atoms with van der Waals surface area (Å²) >= 11 is 0. The van der Waals surface area contributed by atoms with E-state index in [9.17, 15) is 0 Å². The average Bonchev–Trinajstić information content (AvgIpc) is 2.96. The van der Waals surface area contributed by atoms with Gasteiger partial charge in [-0.2, -0.15) is 0 Å². The number of ether oxygens (including phenoxy) is 2. The van der Waals surface area contributed by atoms with E-state index in [1.54, 1.807) is 7.11 Å². The standard InChI is InChI=1S/C13H17NO2/c1-15-11-4-2-3-10(7-11)12(8-16-9-12)13(14)5-6-13/h2-4,7H,5-6,8-9,14H2,1H3. The molecule has 3 nitrogen and oxygen atoms in total. The van der Waals surface area contributed by atoms with Gasteiger partial charge in [0.25, 0.3) is 0 Å². The van der Waals surface area contributed by atoms with Gasteiger partial charge in [-0.25, -0.2) is 0 Å². The van der Waals surface area contributed by atoms with Crippen molar-refractivity contribution in [2.45, 2.75) is 23.8 Å². The van der Waals surface area contributed by atoms with Crippen molar-refractivity contribution in [1.82, 2.24) is 0 Å². The van der Waals surface area contributed by atoms with Crippen molar-refractivity contribution < 1.29 is 9.47 Å². The van der Waals surface area contributed by atoms with Crippen LogP contribution >= 0.6 is 0 Å². The van der Waals surface area contributed by atoms with Gasteiger partial charge >= 0.3 is 0 Å². The van der Waals surface area contributed by atoms with Gasteiger partial charge in [0.1, 0.15) is 5.75 Å². The molecular weight excluding hydrogens is 202 g/mol. The van der Waals surface area contributed by atoms with Crippen LogP contribution in [0, 0.1) is 0 Å². The molecule has 1 saturated carbocycles. The van der Waals surface area contributed by atoms with Crippen LogP contribution in [0.2, 0.25) is 0 Å². The van der Waals surface area contributed by atoms with Crippen LogP contribution in [-0.2, 0) is 10.2 Å². The molecule has 16 heavy (non-hydrogen) atoms. The molecule has 0 aromatic heterocycles. The molecule has 1 heterocycles. The molecule has 1 aromatic rings. The summed E-state index contributed by atoms with van der Waals surface area (Å²) < 4.78 is 10.7. The maximum Gasteiger partial charge on any atom is 0.119 e. The lowest BCUT2D eigenvalue weighted by atomic mass is 9.70. The summed E-state index contributed by atoms with van der Waals surface area (Å²) in [6, 6.07) is 8.22. The Morgan fingerprint density at radius 1 is 1.31 bits per heavy atom. The SMILES string of the molecule is COc1cccc(C2(C3(N)CC3)COC2)c1. The second-order valence-corrected chi connectivity index (χ2v) is 4.96. The van der Waals surface area contributed by atoms with Crippen molar-refractivity contribution in [3.05, 3.63) is 29.8 Å². The highest BCUT2D eigenvalue weighted by molar-refractivity contribution is 5.41. The molecule has 3 rings (SSSR count). The topological polar surface area (TPSA) is 44.5 Å². The van der Waals surface area contributed by atoms with Gasteiger partial charge in [-0.05, 0) is 30.5 Å². The Hall–Kier alpha value is -1.06. The Morgan fingerprint density at radius 3 is 2.56 bits per heavy atom. The van der Waals surface area contributed by atoms with Crippen LogP contribution in [0.4, 0.5) is 0 Å². The van der Waals surface area contributed by atoms with E-state index < -0.39 is 0 Å². The number of methoxy groups -OCH3 is 1. The Morgan fingerprint density at radius 2 is 2.06 bits per heavy atom. The van der Waals surface area contributed by atoms with Crippen molar-refractivity contribution in [1.29, 1.82) is 0 Å². The van der Waals surface area contributed by atoms with Crippen LogP contribution in [0.25, 0.3) is 0 Å². The Kier molecular flexibility index (Phi) is 2.03. The highest BCUT2D eigenvalue weighted by atomic mass is 16.5. The summed E-state index contributed by atoms with van der Waals surface area (Å²) in [5.41, 5.74) is 7.64. The molecule has 0 bridgehead atoms. The molecule has 0 radical (unpaired) electrons. The van der Waals surface area contributed by atoms with E-state index in [4.69, 9.17) is 15.2 Å². The maximum atomic E-state index is 6.39. The van der Waals surface area contributed by atoms with Gasteiger partial charge < -0.3 is 15.2 Å². The van der Waals surface area contributed by atoms with E-state index >= 15 is 0 Å². The van der Waals surface area contributed by atoms with Crippen LogP contribution in [0.5, 0.6) is 5.75 Å². The number of hydrogen-bond acceptors (Lipinski definition) is 3. The summed E-state index contributed by atoms with van der Waals surface area (Å²) in [6.45, 7) is 1.49. The summed E-state index contributed by atoms with van der Waals surface area (Å²) in [5.74, 6) is 0.896. The minimum absolute atomic E-state index is 0.0293. The van der Waals surface area contributed by atoms with E-state index in [1.807, 2.05) is 12.1 Å². The normalized spacial score (nSPS) is 24.6. The predicted octanol–water partition coefficient (Wildman–Crippen LogP) is 1.45. The summed E-state index contributed by atoms with van der Waals surface area (Å²) in [6.07, 6.45) is 2.21. The molecule has 2 aliphatic rings. The van der Waals surface area contributed by atoms with Gasteiger partial charge in [-0.1, -0.05) is 12.1 Å². The van der Waals surface area contributed by atoms with E-state index in [2.05, 4.69) is 12.1 Å². The van der Waals surface area contributed by atoms with Crippen LogP contribution in [0.3, 0.4) is 0 Å². The summed E-state index contributed by atoms with van der Waals surface area (Å²) in [7, 11) is 1.69. The minimum Gasteiger partial charge on any atom is -0.497 e. The molecule has 2 N–H and O–H groups in total. The molecular formula is C13H17NO2. The van der Waals surface area contributed by atoms with Gasteiger partial charge in [0.05, 0.1) is 25.7 Å². The summed E-state index contributed by atoms with van der Waals surface area (Å²) in [5, 5.41) is 0. The molecule has 0 spiro atoms. The minimum atomic E-state index is -0.0440. The Balaban J connectivity index is 2.00. The van der Waals surface area contributed by atoms with Crippen LogP contribution in [0.15, 0.2) is 24.3 Å². The first-order chi connectivity index (χ1) is 7.70. The summed E-state index contributed by atoms with van der Waals surface area (Å²) in [4.78, 5) is 0. The molecule has 1 aliphatic heterocycles. The molecule has 1 aromatic carbocycles. The third kappa shape index (κ3) is 1.22. The number of benzene rings is 1. The van der Waals surface area contributed by atoms with Crippen LogP contribution in [-0.4, -0.2) is 25.9 Å². The van der Waals surface area contributed by atoms with Gasteiger partial charge in [-0.3, -0.25) is 0 Å². The Bertz CT molecular complexity index is 408. The number of hydrogen-bond donors (Lipinski definition) is 1. The van der Waals surface area contributed by atoms with Gasteiger partial charge in [-0.15, -0.1) is 0 Å². The molecule has 0 amide bonds. The largest absolute Gasteiger partial charge is 0.497 e. The second kappa shape index (κ2) is 3.22. The molecule has 1 aliphatic carbocycles. The van der Waals surface area contributed by atoms with E-state index in [-0.39, 0.29) is 11.0 Å². The molecule has 0 unspecified atom stereocenters. The first-order valence-electron chi connectivity index (χ1n) is 5.71. The van der Waals surface area contributed by atoms with Crippen molar-refractivity contribution in [2.75, 3.05) is 20.3 Å². The van der Waals surface area contributed by atoms with E-state index in [1.165, 1.54) is 5.56 Å². The lowest BCUT2D eigenvalue weighted by molar-refractivity contribution is -0.0786. The zero-order valence-corrected chi connectivity index (χ0v) is 9.53. The molecule has 3 heteroatoms. The van der Waals surface area contributed by atoms with E-state index in [0.717, 1.165) is 31.8 Å². The van der Waals surface area contributed by atoms with E-state index in [0.29, 0.717) is 0 Å². The lowest BCUT2D eigenvalue weighted by Crippen LogP contribution is -2.60. The maximum absolute atomic E-state index is 6.39. The zero-order valence-electron chi connectivity index (χ0n) is 9.53. The van der Waals surface area contributed by atoms with Gasteiger partial charge in [0.15, 0.2) is 0 Å². The predicted molar refractivity (Wildman–Crippen MR) is 61.6 cm³/mol. The third-order valence-electron chi connectivity index (χ3n) is 4.06. The van der Waals surface area contributed by atoms with Gasteiger partial charge in [0.2, 0.25) is 0 Å². The third-order valence-corrected chi connectivity index (χ3v) is 4.06. The first-order valence-corrected chi connectivity index (χ1v) is 5.71. The van der Waals surface area contributed by atoms with Crippen molar-refractivity contribution in [3.63, 3.8) is 0 Å². The number of rotatable bonds is 3. The van der Waals surface area contributed by atoms with Gasteiger partial charge in [0, 0.05) is 5.54 Å². The fraction of sp³-hybridized carbons (Fsp3) is 0.538. The smallest absolute Gasteiger partial charge is 0.119 e. The molecule has 0 atom stereocenters. The fourth-order valence-electron chi connectivity index (χ4n) is 2.58. The van der Waals surface area contributed by atoms with Crippen molar-refractivity contribution >= 4 is 0 Å². The van der Waals surface area contributed by atoms with Crippen molar-refractivity contribution in [3.8, 4) is 5.75 Å². The quantitative estimate of drug-likeness (QED) is 0.837. The molecule has 1 saturated heterocycles. The monoisotopic (exact) mass is 219 g/mol. The average molecular weight is 219 g/mol.